The van der Waals surface area contributed by atoms with Crippen molar-refractivity contribution in [2.45, 2.75) is 0 Å². The Morgan fingerprint density at radius 2 is 2.50 bits per heavy atom. The number of hydrogen-bond donors (Lipinski definition) is 2. The molecule has 0 spiro atoms. The first-order valence-electron chi connectivity index (χ1n) is 2.76. The Bertz CT molecular complexity index is 262. The standard InChI is InChI=1S/C7H7N3/c1-2-6-3-4-9-7(5-6)10-8/h1,3-5H,8H2,(H,9,10). The van der Waals surface area contributed by atoms with Gasteiger partial charge in [-0.15, -0.1) is 6.42 Å². The molecule has 50 valence electrons. The van der Waals surface area contributed by atoms with Crippen LogP contribution in [0, 0.1) is 12.3 Å². The molecule has 0 aromatic carbocycles. The molecule has 1 rings (SSSR count). The van der Waals surface area contributed by atoms with Crippen LogP contribution in [0.15, 0.2) is 18.3 Å². The Morgan fingerprint density at radius 3 is 3.10 bits per heavy atom. The summed E-state index contributed by atoms with van der Waals surface area (Å²) in [6.45, 7) is 0. The molecule has 0 atom stereocenters. The summed E-state index contributed by atoms with van der Waals surface area (Å²) in [4.78, 5) is 3.87. The van der Waals surface area contributed by atoms with E-state index in [2.05, 4.69) is 16.3 Å². The lowest BCUT2D eigenvalue weighted by Crippen LogP contribution is -2.08. The maximum absolute atomic E-state index is 5.13. The highest BCUT2D eigenvalue weighted by atomic mass is 15.2. The van der Waals surface area contributed by atoms with Crippen LogP contribution in [-0.4, -0.2) is 4.98 Å². The van der Waals surface area contributed by atoms with Gasteiger partial charge in [0.15, 0.2) is 0 Å². The van der Waals surface area contributed by atoms with Gasteiger partial charge in [-0.2, -0.15) is 0 Å². The highest BCUT2D eigenvalue weighted by molar-refractivity contribution is 5.42. The Labute approximate surface area is 59.2 Å². The monoisotopic (exact) mass is 133 g/mol. The van der Waals surface area contributed by atoms with E-state index in [0.717, 1.165) is 5.56 Å². The maximum Gasteiger partial charge on any atom is 0.141 e. The van der Waals surface area contributed by atoms with Crippen LogP contribution in [0.3, 0.4) is 0 Å². The third kappa shape index (κ3) is 1.24. The number of nitrogens with two attached hydrogens (primary N) is 1. The van der Waals surface area contributed by atoms with Crippen LogP contribution in [0.25, 0.3) is 0 Å². The van der Waals surface area contributed by atoms with Crippen molar-refractivity contribution in [2.24, 2.45) is 5.84 Å². The molecule has 3 N–H and O–H groups in total. The first-order valence-corrected chi connectivity index (χ1v) is 2.76. The third-order valence-electron chi connectivity index (χ3n) is 1.07. The van der Waals surface area contributed by atoms with Crippen LogP contribution in [0.2, 0.25) is 0 Å². The second-order valence-corrected chi connectivity index (χ2v) is 1.72. The largest absolute Gasteiger partial charge is 0.308 e. The Morgan fingerprint density at radius 1 is 1.70 bits per heavy atom. The van der Waals surface area contributed by atoms with E-state index in [1.54, 1.807) is 18.3 Å². The average Bonchev–Trinajstić information content (AvgIpc) is 2.05. The molecule has 0 bridgehead atoms. The lowest BCUT2D eigenvalue weighted by molar-refractivity contribution is 1.22. The van der Waals surface area contributed by atoms with Crippen molar-refractivity contribution in [2.75, 3.05) is 5.43 Å². The molecule has 1 heterocycles. The molecular weight excluding hydrogens is 126 g/mol. The van der Waals surface area contributed by atoms with Crippen molar-refractivity contribution in [3.05, 3.63) is 23.9 Å². The summed E-state index contributed by atoms with van der Waals surface area (Å²) in [6, 6.07) is 3.43. The number of aromatic nitrogens is 1. The van der Waals surface area contributed by atoms with Gasteiger partial charge in [-0.3, -0.25) is 0 Å². The molecule has 0 unspecified atom stereocenters. The fraction of sp³-hybridized carbons (Fsp3) is 0. The zero-order valence-corrected chi connectivity index (χ0v) is 5.33. The SMILES string of the molecule is C#Cc1ccnc(NN)c1. The highest BCUT2D eigenvalue weighted by Gasteiger charge is 1.89. The first-order chi connectivity index (χ1) is 4.86. The first kappa shape index (κ1) is 6.59. The molecule has 0 saturated carbocycles. The number of nitrogens with zero attached hydrogens (tertiary/aromatic N) is 1. The molecule has 0 aliphatic rings. The summed E-state index contributed by atoms with van der Waals surface area (Å²) in [6.07, 6.45) is 6.73. The Hall–Kier alpha value is -1.53. The van der Waals surface area contributed by atoms with Gasteiger partial charge in [-0.25, -0.2) is 10.8 Å². The van der Waals surface area contributed by atoms with Gasteiger partial charge in [0, 0.05) is 11.8 Å². The van der Waals surface area contributed by atoms with Gasteiger partial charge >= 0.3 is 0 Å². The van der Waals surface area contributed by atoms with E-state index in [1.165, 1.54) is 0 Å². The summed E-state index contributed by atoms with van der Waals surface area (Å²) < 4.78 is 0. The predicted octanol–water partition coefficient (Wildman–Crippen LogP) is 0.348. The fourth-order valence-electron chi connectivity index (χ4n) is 0.599. The van der Waals surface area contributed by atoms with Crippen molar-refractivity contribution >= 4 is 5.82 Å². The number of rotatable bonds is 1. The normalized spacial score (nSPS) is 8.40. The van der Waals surface area contributed by atoms with Crippen molar-refractivity contribution in [1.82, 2.24) is 4.98 Å². The smallest absolute Gasteiger partial charge is 0.141 e. The van der Waals surface area contributed by atoms with Crippen molar-refractivity contribution < 1.29 is 0 Å². The number of nitrogens with one attached hydrogen (secondary N) is 1. The summed E-state index contributed by atoms with van der Waals surface area (Å²) in [5.74, 6) is 8.14. The molecule has 0 amide bonds. The van der Waals surface area contributed by atoms with E-state index in [1.807, 2.05) is 0 Å². The molecule has 0 saturated heterocycles. The van der Waals surface area contributed by atoms with Crippen molar-refractivity contribution in [1.29, 1.82) is 0 Å². The molecule has 0 radical (unpaired) electrons. The van der Waals surface area contributed by atoms with Gasteiger partial charge in [-0.1, -0.05) is 5.92 Å². The van der Waals surface area contributed by atoms with Crippen LogP contribution in [-0.2, 0) is 0 Å². The number of anilines is 1. The van der Waals surface area contributed by atoms with Crippen molar-refractivity contribution in [3.63, 3.8) is 0 Å². The molecule has 1 aromatic rings. The van der Waals surface area contributed by atoms with Crippen molar-refractivity contribution in [3.8, 4) is 12.3 Å². The summed E-state index contributed by atoms with van der Waals surface area (Å²) >= 11 is 0. The van der Waals surface area contributed by atoms with Crippen LogP contribution < -0.4 is 11.3 Å². The molecule has 3 nitrogen and oxygen atoms in total. The number of terminal acetylenes is 1. The minimum absolute atomic E-state index is 0.579. The quantitative estimate of drug-likeness (QED) is 0.330. The van der Waals surface area contributed by atoms with E-state index in [0.29, 0.717) is 5.82 Å². The molecule has 10 heavy (non-hydrogen) atoms. The fourth-order valence-corrected chi connectivity index (χ4v) is 0.599. The average molecular weight is 133 g/mol. The summed E-state index contributed by atoms with van der Waals surface area (Å²) in [7, 11) is 0. The number of hydrazine groups is 1. The topological polar surface area (TPSA) is 50.9 Å². The Balaban J connectivity index is 3.01. The highest BCUT2D eigenvalue weighted by Crippen LogP contribution is 2.02. The lowest BCUT2D eigenvalue weighted by Gasteiger charge is -1.96. The zero-order chi connectivity index (χ0) is 7.40. The van der Waals surface area contributed by atoms with E-state index in [9.17, 15) is 0 Å². The van der Waals surface area contributed by atoms with Gasteiger partial charge in [0.2, 0.25) is 0 Å². The zero-order valence-electron chi connectivity index (χ0n) is 5.33. The number of pyridine rings is 1. The van der Waals surface area contributed by atoms with Gasteiger partial charge in [0.1, 0.15) is 5.82 Å². The second kappa shape index (κ2) is 2.85. The van der Waals surface area contributed by atoms with Crippen LogP contribution >= 0.6 is 0 Å². The molecule has 1 aromatic heterocycles. The molecule has 0 aliphatic heterocycles. The summed E-state index contributed by atoms with van der Waals surface area (Å²) in [5.41, 5.74) is 3.16. The van der Waals surface area contributed by atoms with Gasteiger partial charge in [0.25, 0.3) is 0 Å². The van der Waals surface area contributed by atoms with E-state index < -0.39 is 0 Å². The van der Waals surface area contributed by atoms with Gasteiger partial charge in [0.05, 0.1) is 0 Å². The van der Waals surface area contributed by atoms with E-state index >= 15 is 0 Å². The molecule has 3 heteroatoms. The maximum atomic E-state index is 5.13. The minimum atomic E-state index is 0.579. The van der Waals surface area contributed by atoms with Gasteiger partial charge < -0.3 is 5.43 Å². The number of nitrogen functional groups attached to an aromatic ring is 1. The molecular formula is C7H7N3. The Kier molecular flexibility index (Phi) is 1.88. The third-order valence-corrected chi connectivity index (χ3v) is 1.07. The molecule has 0 aliphatic carbocycles. The lowest BCUT2D eigenvalue weighted by atomic mass is 10.3. The van der Waals surface area contributed by atoms with Gasteiger partial charge in [-0.05, 0) is 12.1 Å². The minimum Gasteiger partial charge on any atom is -0.308 e. The van der Waals surface area contributed by atoms with Crippen LogP contribution in [0.1, 0.15) is 5.56 Å². The molecule has 0 fully saturated rings. The van der Waals surface area contributed by atoms with Crippen LogP contribution in [0.4, 0.5) is 5.82 Å². The second-order valence-electron chi connectivity index (χ2n) is 1.72. The summed E-state index contributed by atoms with van der Waals surface area (Å²) in [5, 5.41) is 0. The predicted molar refractivity (Wildman–Crippen MR) is 40.0 cm³/mol. The van der Waals surface area contributed by atoms with E-state index in [-0.39, 0.29) is 0 Å². The van der Waals surface area contributed by atoms with Crippen LogP contribution in [0.5, 0.6) is 0 Å². The number of hydrogen-bond acceptors (Lipinski definition) is 3. The van der Waals surface area contributed by atoms with E-state index in [4.69, 9.17) is 12.3 Å².